The van der Waals surface area contributed by atoms with E-state index in [2.05, 4.69) is 0 Å². The molecule has 0 fully saturated rings. The lowest BCUT2D eigenvalue weighted by Crippen LogP contribution is -2.34. The van der Waals surface area contributed by atoms with Gasteiger partial charge in [0.2, 0.25) is 0 Å². The average molecular weight is 173 g/mol. The standard InChI is InChI=1S/C9H19NO2/c1-5-7(4)9(11)12-8(10)6(2)3/h6-8H,5,10H2,1-4H3. The lowest BCUT2D eigenvalue weighted by Gasteiger charge is -2.18. The predicted octanol–water partition coefficient (Wildman–Crippen LogP) is 1.52. The smallest absolute Gasteiger partial charge is 0.310 e. The third-order valence-corrected chi connectivity index (χ3v) is 1.92. The molecule has 0 aromatic heterocycles. The van der Waals surface area contributed by atoms with Crippen molar-refractivity contribution in [1.29, 1.82) is 0 Å². The van der Waals surface area contributed by atoms with Crippen LogP contribution in [0.5, 0.6) is 0 Å². The molecule has 3 nitrogen and oxygen atoms in total. The van der Waals surface area contributed by atoms with E-state index in [0.29, 0.717) is 0 Å². The van der Waals surface area contributed by atoms with E-state index in [1.165, 1.54) is 0 Å². The van der Waals surface area contributed by atoms with Crippen LogP contribution in [-0.2, 0) is 9.53 Å². The fourth-order valence-corrected chi connectivity index (χ4v) is 0.553. The molecule has 0 aliphatic carbocycles. The number of carbonyl (C=O) groups is 1. The fraction of sp³-hybridized carbons (Fsp3) is 0.889. The molecule has 0 aromatic carbocycles. The van der Waals surface area contributed by atoms with Crippen LogP contribution in [-0.4, -0.2) is 12.2 Å². The van der Waals surface area contributed by atoms with Gasteiger partial charge in [-0.3, -0.25) is 10.5 Å². The highest BCUT2D eigenvalue weighted by Gasteiger charge is 2.17. The highest BCUT2D eigenvalue weighted by Crippen LogP contribution is 2.07. The summed E-state index contributed by atoms with van der Waals surface area (Å²) in [6.07, 6.45) is 0.329. The fourth-order valence-electron chi connectivity index (χ4n) is 0.553. The third-order valence-electron chi connectivity index (χ3n) is 1.92. The van der Waals surface area contributed by atoms with Crippen LogP contribution >= 0.6 is 0 Å². The lowest BCUT2D eigenvalue weighted by atomic mass is 10.1. The van der Waals surface area contributed by atoms with E-state index >= 15 is 0 Å². The highest BCUT2D eigenvalue weighted by atomic mass is 16.6. The molecule has 2 N–H and O–H groups in total. The molecule has 0 saturated carbocycles. The SMILES string of the molecule is CCC(C)C(=O)OC(N)C(C)C. The molecular weight excluding hydrogens is 154 g/mol. The Balaban J connectivity index is 3.84. The number of ether oxygens (including phenoxy) is 1. The molecule has 0 bridgehead atoms. The Morgan fingerprint density at radius 3 is 2.25 bits per heavy atom. The minimum Gasteiger partial charge on any atom is -0.446 e. The van der Waals surface area contributed by atoms with Gasteiger partial charge in [-0.1, -0.05) is 27.7 Å². The van der Waals surface area contributed by atoms with E-state index in [1.54, 1.807) is 0 Å². The summed E-state index contributed by atoms with van der Waals surface area (Å²) in [7, 11) is 0. The van der Waals surface area contributed by atoms with Gasteiger partial charge < -0.3 is 4.74 Å². The van der Waals surface area contributed by atoms with Gasteiger partial charge in [-0.2, -0.15) is 0 Å². The van der Waals surface area contributed by atoms with E-state index < -0.39 is 6.23 Å². The van der Waals surface area contributed by atoms with Crippen molar-refractivity contribution in [1.82, 2.24) is 0 Å². The molecule has 0 radical (unpaired) electrons. The Morgan fingerprint density at radius 1 is 1.42 bits per heavy atom. The molecule has 0 aliphatic heterocycles. The minimum atomic E-state index is -0.466. The average Bonchev–Trinajstić information content (AvgIpc) is 2.02. The zero-order valence-electron chi connectivity index (χ0n) is 8.33. The van der Waals surface area contributed by atoms with Gasteiger partial charge in [0.25, 0.3) is 0 Å². The van der Waals surface area contributed by atoms with Gasteiger partial charge in [0.15, 0.2) is 6.23 Å². The molecule has 0 spiro atoms. The number of hydrogen-bond acceptors (Lipinski definition) is 3. The van der Waals surface area contributed by atoms with E-state index in [1.807, 2.05) is 27.7 Å². The first-order valence-electron chi connectivity index (χ1n) is 4.45. The number of nitrogens with two attached hydrogens (primary N) is 1. The zero-order chi connectivity index (χ0) is 9.72. The first-order valence-corrected chi connectivity index (χ1v) is 4.45. The predicted molar refractivity (Wildman–Crippen MR) is 48.4 cm³/mol. The van der Waals surface area contributed by atoms with E-state index in [0.717, 1.165) is 6.42 Å². The van der Waals surface area contributed by atoms with Gasteiger partial charge in [0, 0.05) is 5.92 Å². The monoisotopic (exact) mass is 173 g/mol. The Kier molecular flexibility index (Phi) is 4.90. The van der Waals surface area contributed by atoms with Crippen molar-refractivity contribution in [3.8, 4) is 0 Å². The van der Waals surface area contributed by atoms with Gasteiger partial charge >= 0.3 is 5.97 Å². The summed E-state index contributed by atoms with van der Waals surface area (Å²) in [6.45, 7) is 7.64. The van der Waals surface area contributed by atoms with Crippen LogP contribution < -0.4 is 5.73 Å². The second kappa shape index (κ2) is 5.14. The van der Waals surface area contributed by atoms with Crippen LogP contribution in [0.15, 0.2) is 0 Å². The summed E-state index contributed by atoms with van der Waals surface area (Å²) in [6, 6.07) is 0. The number of hydrogen-bond donors (Lipinski definition) is 1. The number of rotatable bonds is 4. The maximum atomic E-state index is 11.2. The molecule has 0 heterocycles. The second-order valence-electron chi connectivity index (χ2n) is 3.45. The van der Waals surface area contributed by atoms with Crippen LogP contribution in [0, 0.1) is 11.8 Å². The van der Waals surface area contributed by atoms with Crippen LogP contribution in [0.1, 0.15) is 34.1 Å². The van der Waals surface area contributed by atoms with Gasteiger partial charge in [-0.15, -0.1) is 0 Å². The topological polar surface area (TPSA) is 52.3 Å². The second-order valence-corrected chi connectivity index (χ2v) is 3.45. The Labute approximate surface area is 74.3 Å². The molecule has 0 amide bonds. The molecule has 0 aliphatic rings. The van der Waals surface area contributed by atoms with Crippen molar-refractivity contribution in [2.75, 3.05) is 0 Å². The first kappa shape index (κ1) is 11.4. The van der Waals surface area contributed by atoms with E-state index in [4.69, 9.17) is 10.5 Å². The maximum Gasteiger partial charge on any atom is 0.310 e. The Bertz CT molecular complexity index is 145. The van der Waals surface area contributed by atoms with Crippen LogP contribution in [0.25, 0.3) is 0 Å². The molecule has 3 heteroatoms. The normalized spacial score (nSPS) is 15.8. The molecule has 2 atom stereocenters. The summed E-state index contributed by atoms with van der Waals surface area (Å²) in [5.41, 5.74) is 5.57. The largest absolute Gasteiger partial charge is 0.446 e. The Hall–Kier alpha value is -0.570. The van der Waals surface area contributed by atoms with Gasteiger partial charge in [-0.05, 0) is 6.42 Å². The quantitative estimate of drug-likeness (QED) is 0.518. The molecule has 0 rings (SSSR count). The minimum absolute atomic E-state index is 0.0465. The molecular formula is C9H19NO2. The molecule has 0 aromatic rings. The van der Waals surface area contributed by atoms with Crippen molar-refractivity contribution in [2.24, 2.45) is 17.6 Å². The molecule has 72 valence electrons. The maximum absolute atomic E-state index is 11.2. The van der Waals surface area contributed by atoms with Gasteiger partial charge in [0.1, 0.15) is 0 Å². The van der Waals surface area contributed by atoms with Crippen molar-refractivity contribution in [3.63, 3.8) is 0 Å². The highest BCUT2D eigenvalue weighted by molar-refractivity contribution is 5.72. The summed E-state index contributed by atoms with van der Waals surface area (Å²) in [5.74, 6) is -0.0634. The Morgan fingerprint density at radius 2 is 1.92 bits per heavy atom. The molecule has 0 saturated heterocycles. The third kappa shape index (κ3) is 3.72. The van der Waals surface area contributed by atoms with E-state index in [-0.39, 0.29) is 17.8 Å². The molecule has 12 heavy (non-hydrogen) atoms. The van der Waals surface area contributed by atoms with Crippen molar-refractivity contribution >= 4 is 5.97 Å². The number of esters is 1. The molecule has 2 unspecified atom stereocenters. The van der Waals surface area contributed by atoms with E-state index in [9.17, 15) is 4.79 Å². The zero-order valence-corrected chi connectivity index (χ0v) is 8.33. The van der Waals surface area contributed by atoms with Gasteiger partial charge in [-0.25, -0.2) is 0 Å². The summed E-state index contributed by atoms with van der Waals surface area (Å²) >= 11 is 0. The van der Waals surface area contributed by atoms with Crippen LogP contribution in [0.4, 0.5) is 0 Å². The summed E-state index contributed by atoms with van der Waals surface area (Å²) in [5, 5.41) is 0. The van der Waals surface area contributed by atoms with Crippen LogP contribution in [0.3, 0.4) is 0 Å². The van der Waals surface area contributed by atoms with Crippen LogP contribution in [0.2, 0.25) is 0 Å². The van der Waals surface area contributed by atoms with Crippen molar-refractivity contribution in [2.45, 2.75) is 40.3 Å². The van der Waals surface area contributed by atoms with Gasteiger partial charge in [0.05, 0.1) is 5.92 Å². The van der Waals surface area contributed by atoms with Crippen molar-refractivity contribution in [3.05, 3.63) is 0 Å². The first-order chi connectivity index (χ1) is 5.49. The number of carbonyl (C=O) groups excluding carboxylic acids is 1. The van der Waals surface area contributed by atoms with Crippen molar-refractivity contribution < 1.29 is 9.53 Å². The summed E-state index contributed by atoms with van der Waals surface area (Å²) in [4.78, 5) is 11.2. The summed E-state index contributed by atoms with van der Waals surface area (Å²) < 4.78 is 5.00. The lowest BCUT2D eigenvalue weighted by molar-refractivity contribution is -0.155.